The highest BCUT2D eigenvalue weighted by molar-refractivity contribution is 9.10. The minimum absolute atomic E-state index is 0.0914. The van der Waals surface area contributed by atoms with Crippen molar-refractivity contribution in [2.24, 2.45) is 5.92 Å². The first kappa shape index (κ1) is 19.2. The number of anilines is 1. The van der Waals surface area contributed by atoms with Gasteiger partial charge in [0.1, 0.15) is 0 Å². The van der Waals surface area contributed by atoms with Crippen molar-refractivity contribution in [2.75, 3.05) is 11.4 Å². The highest BCUT2D eigenvalue weighted by Gasteiger charge is 2.27. The third-order valence-electron chi connectivity index (χ3n) is 4.91. The molecule has 24 heavy (non-hydrogen) atoms. The topological polar surface area (TPSA) is 37.4 Å². The van der Waals surface area contributed by atoms with Crippen LogP contribution >= 0.6 is 15.9 Å². The normalized spacial score (nSPS) is 15.3. The van der Waals surface area contributed by atoms with E-state index in [2.05, 4.69) is 36.7 Å². The summed E-state index contributed by atoms with van der Waals surface area (Å²) in [7, 11) is 0. The number of fused-ring (bicyclic) bond motifs is 1. The molecule has 0 aromatic heterocycles. The van der Waals surface area contributed by atoms with Crippen molar-refractivity contribution < 1.29 is 9.59 Å². The summed E-state index contributed by atoms with van der Waals surface area (Å²) in [6, 6.07) is 5.84. The van der Waals surface area contributed by atoms with Gasteiger partial charge in [-0.05, 0) is 55.9 Å². The maximum Gasteiger partial charge on any atom is 0.230 e. The van der Waals surface area contributed by atoms with E-state index in [9.17, 15) is 9.59 Å². The number of hydrogen-bond donors (Lipinski definition) is 0. The van der Waals surface area contributed by atoms with Crippen molar-refractivity contribution >= 4 is 33.3 Å². The van der Waals surface area contributed by atoms with Gasteiger partial charge in [-0.15, -0.1) is 0 Å². The monoisotopic (exact) mass is 393 g/mol. The van der Waals surface area contributed by atoms with Crippen molar-refractivity contribution in [1.29, 1.82) is 0 Å². The molecule has 1 unspecified atom stereocenters. The molecule has 1 aliphatic heterocycles. The Morgan fingerprint density at radius 3 is 2.54 bits per heavy atom. The van der Waals surface area contributed by atoms with Gasteiger partial charge >= 0.3 is 0 Å². The molecule has 1 aromatic carbocycles. The van der Waals surface area contributed by atoms with Crippen molar-refractivity contribution in [1.82, 2.24) is 0 Å². The van der Waals surface area contributed by atoms with E-state index in [0.717, 1.165) is 61.9 Å². The number of hydrogen-bond acceptors (Lipinski definition) is 2. The van der Waals surface area contributed by atoms with Crippen LogP contribution in [-0.4, -0.2) is 23.1 Å². The molecule has 0 fully saturated rings. The molecule has 1 atom stereocenters. The Hall–Kier alpha value is -1.16. The van der Waals surface area contributed by atoms with Gasteiger partial charge in [0.05, 0.1) is 4.83 Å². The average molecular weight is 394 g/mol. The van der Waals surface area contributed by atoms with Gasteiger partial charge in [0.25, 0.3) is 0 Å². The third kappa shape index (κ3) is 4.08. The number of carbonyl (C=O) groups is 2. The number of nitrogens with zero attached hydrogens (tertiary/aromatic N) is 1. The Balaban J connectivity index is 2.26. The Labute approximate surface area is 153 Å². The van der Waals surface area contributed by atoms with Gasteiger partial charge in [0, 0.05) is 23.7 Å². The number of alkyl halides is 1. The van der Waals surface area contributed by atoms with Crippen LogP contribution in [0.25, 0.3) is 0 Å². The van der Waals surface area contributed by atoms with Crippen molar-refractivity contribution in [3.05, 3.63) is 29.3 Å². The summed E-state index contributed by atoms with van der Waals surface area (Å²) in [6.45, 7) is 7.01. The van der Waals surface area contributed by atoms with E-state index in [1.54, 1.807) is 0 Å². The van der Waals surface area contributed by atoms with Gasteiger partial charge < -0.3 is 4.90 Å². The van der Waals surface area contributed by atoms with Crippen LogP contribution < -0.4 is 4.90 Å². The van der Waals surface area contributed by atoms with Crippen LogP contribution in [0.2, 0.25) is 0 Å². The third-order valence-corrected chi connectivity index (χ3v) is 5.78. The molecule has 0 spiro atoms. The Kier molecular flexibility index (Phi) is 7.02. The molecule has 0 radical (unpaired) electrons. The summed E-state index contributed by atoms with van der Waals surface area (Å²) in [5.74, 6) is 0.459. The molecule has 1 aliphatic rings. The lowest BCUT2D eigenvalue weighted by atomic mass is 9.94. The maximum atomic E-state index is 12.8. The van der Waals surface area contributed by atoms with Crippen molar-refractivity contribution in [3.8, 4) is 0 Å². The smallest absolute Gasteiger partial charge is 0.230 e. The second kappa shape index (κ2) is 8.80. The van der Waals surface area contributed by atoms with Gasteiger partial charge in [0.2, 0.25) is 5.91 Å². The van der Waals surface area contributed by atoms with Gasteiger partial charge in [-0.2, -0.15) is 0 Å². The van der Waals surface area contributed by atoms with Gasteiger partial charge in [-0.1, -0.05) is 43.1 Å². The summed E-state index contributed by atoms with van der Waals surface area (Å²) in [5.41, 5.74) is 2.87. The van der Waals surface area contributed by atoms with E-state index in [1.807, 2.05) is 23.1 Å². The van der Waals surface area contributed by atoms with E-state index >= 15 is 0 Å². The summed E-state index contributed by atoms with van der Waals surface area (Å²) in [5, 5.41) is 0. The molecule has 0 saturated carbocycles. The van der Waals surface area contributed by atoms with Crippen LogP contribution in [0.4, 0.5) is 5.69 Å². The predicted octanol–water partition coefficient (Wildman–Crippen LogP) is 5.15. The van der Waals surface area contributed by atoms with Crippen LogP contribution in [0.1, 0.15) is 68.8 Å². The number of Topliss-reactive ketones (excluding diaryl/α,β-unsaturated/α-hetero) is 1. The number of benzene rings is 1. The van der Waals surface area contributed by atoms with Crippen LogP contribution in [0.15, 0.2) is 18.2 Å². The predicted molar refractivity (Wildman–Crippen MR) is 103 cm³/mol. The first-order valence-corrected chi connectivity index (χ1v) is 10.1. The van der Waals surface area contributed by atoms with Gasteiger partial charge in [0.15, 0.2) is 5.78 Å². The Bertz CT molecular complexity index is 595. The lowest BCUT2D eigenvalue weighted by Crippen LogP contribution is -2.39. The first-order chi connectivity index (χ1) is 11.5. The SMILES string of the molecule is CCCC(Br)C(=O)c1ccc2c(c1)CCCN2C(=O)C(CC)CC. The molecule has 0 saturated heterocycles. The summed E-state index contributed by atoms with van der Waals surface area (Å²) in [6.07, 6.45) is 5.46. The van der Waals surface area contributed by atoms with E-state index in [0.29, 0.717) is 0 Å². The molecule has 0 N–H and O–H groups in total. The lowest BCUT2D eigenvalue weighted by Gasteiger charge is -2.32. The standard InChI is InChI=1S/C20H28BrNO2/c1-4-8-17(21)19(23)16-10-11-18-15(13-16)9-7-12-22(18)20(24)14(5-2)6-3/h10-11,13-14,17H,4-9,12H2,1-3H3. The zero-order chi connectivity index (χ0) is 17.7. The fourth-order valence-corrected chi connectivity index (χ4v) is 4.13. The molecule has 132 valence electrons. The molecule has 4 heteroatoms. The molecule has 1 aromatic rings. The lowest BCUT2D eigenvalue weighted by molar-refractivity contribution is -0.122. The second-order valence-electron chi connectivity index (χ2n) is 6.57. The van der Waals surface area contributed by atoms with Crippen LogP contribution in [-0.2, 0) is 11.2 Å². The Morgan fingerprint density at radius 2 is 1.92 bits per heavy atom. The number of halogens is 1. The van der Waals surface area contributed by atoms with Crippen LogP contribution in [0.3, 0.4) is 0 Å². The number of amides is 1. The number of aryl methyl sites for hydroxylation is 1. The highest BCUT2D eigenvalue weighted by atomic mass is 79.9. The molecule has 0 bridgehead atoms. The fraction of sp³-hybridized carbons (Fsp3) is 0.600. The van der Waals surface area contributed by atoms with E-state index < -0.39 is 0 Å². The quantitative estimate of drug-likeness (QED) is 0.474. The Morgan fingerprint density at radius 1 is 1.21 bits per heavy atom. The van der Waals surface area contributed by atoms with E-state index in [-0.39, 0.29) is 22.4 Å². The van der Waals surface area contributed by atoms with Crippen molar-refractivity contribution in [2.45, 2.75) is 64.1 Å². The molecule has 3 nitrogen and oxygen atoms in total. The zero-order valence-electron chi connectivity index (χ0n) is 15.0. The molecule has 0 aliphatic carbocycles. The summed E-state index contributed by atoms with van der Waals surface area (Å²) in [4.78, 5) is 27.1. The largest absolute Gasteiger partial charge is 0.312 e. The first-order valence-electron chi connectivity index (χ1n) is 9.15. The van der Waals surface area contributed by atoms with Crippen LogP contribution in [0, 0.1) is 5.92 Å². The van der Waals surface area contributed by atoms with Gasteiger partial charge in [-0.25, -0.2) is 0 Å². The highest BCUT2D eigenvalue weighted by Crippen LogP contribution is 2.31. The second-order valence-corrected chi connectivity index (χ2v) is 7.68. The number of carbonyl (C=O) groups excluding carboxylic acids is 2. The summed E-state index contributed by atoms with van der Waals surface area (Å²) >= 11 is 3.49. The number of ketones is 1. The van der Waals surface area contributed by atoms with Crippen molar-refractivity contribution in [3.63, 3.8) is 0 Å². The van der Waals surface area contributed by atoms with E-state index in [1.165, 1.54) is 0 Å². The zero-order valence-corrected chi connectivity index (χ0v) is 16.6. The molecular weight excluding hydrogens is 366 g/mol. The fourth-order valence-electron chi connectivity index (χ4n) is 3.40. The van der Waals surface area contributed by atoms with Crippen LogP contribution in [0.5, 0.6) is 0 Å². The average Bonchev–Trinajstić information content (AvgIpc) is 2.61. The molecule has 1 amide bonds. The minimum atomic E-state index is -0.119. The molecule has 2 rings (SSSR count). The molecular formula is C20H28BrNO2. The maximum absolute atomic E-state index is 12.8. The minimum Gasteiger partial charge on any atom is -0.312 e. The summed E-state index contributed by atoms with van der Waals surface area (Å²) < 4.78 is 0. The van der Waals surface area contributed by atoms with E-state index in [4.69, 9.17) is 0 Å². The molecule has 1 heterocycles. The van der Waals surface area contributed by atoms with Gasteiger partial charge in [-0.3, -0.25) is 9.59 Å². The number of rotatable bonds is 7.